The minimum atomic E-state index is 0.621. The molecule has 0 unspecified atom stereocenters. The number of unbranched alkanes of at least 4 members (excludes halogenated alkanes) is 1. The number of rotatable bonds is 6. The van der Waals surface area contributed by atoms with Crippen LogP contribution in [0.4, 0.5) is 5.82 Å². The second-order valence-electron chi connectivity index (χ2n) is 6.39. The third-order valence-corrected chi connectivity index (χ3v) is 4.15. The van der Waals surface area contributed by atoms with Crippen LogP contribution >= 0.6 is 0 Å². The number of nitrogen functional groups attached to an aromatic ring is 1. The Morgan fingerprint density at radius 2 is 2.00 bits per heavy atom. The van der Waals surface area contributed by atoms with Crippen molar-refractivity contribution in [2.24, 2.45) is 5.92 Å². The fourth-order valence-electron chi connectivity index (χ4n) is 3.12. The molecular formula is C16H29N3. The Balaban J connectivity index is 2.27. The fourth-order valence-corrected chi connectivity index (χ4v) is 3.12. The van der Waals surface area contributed by atoms with Crippen LogP contribution in [0.3, 0.4) is 0 Å². The molecule has 0 spiro atoms. The van der Waals surface area contributed by atoms with Crippen LogP contribution in [0.2, 0.25) is 0 Å². The van der Waals surface area contributed by atoms with Gasteiger partial charge in [0.15, 0.2) is 0 Å². The largest absolute Gasteiger partial charge is 0.384 e. The van der Waals surface area contributed by atoms with Crippen molar-refractivity contribution >= 4 is 5.82 Å². The van der Waals surface area contributed by atoms with Gasteiger partial charge < -0.3 is 10.3 Å². The van der Waals surface area contributed by atoms with Gasteiger partial charge in [0.2, 0.25) is 0 Å². The van der Waals surface area contributed by atoms with E-state index in [0.717, 1.165) is 24.5 Å². The lowest BCUT2D eigenvalue weighted by Crippen LogP contribution is -2.13. The summed E-state index contributed by atoms with van der Waals surface area (Å²) >= 11 is 0. The van der Waals surface area contributed by atoms with Gasteiger partial charge >= 0.3 is 0 Å². The first-order valence-electron chi connectivity index (χ1n) is 7.98. The minimum Gasteiger partial charge on any atom is -0.384 e. The molecule has 1 saturated carbocycles. The second-order valence-corrected chi connectivity index (χ2v) is 6.39. The monoisotopic (exact) mass is 263 g/mol. The summed E-state index contributed by atoms with van der Waals surface area (Å²) in [5.41, 5.74) is 7.50. The highest BCUT2D eigenvalue weighted by Crippen LogP contribution is 2.35. The van der Waals surface area contributed by atoms with Crippen LogP contribution in [-0.4, -0.2) is 9.55 Å². The van der Waals surface area contributed by atoms with Gasteiger partial charge in [0.25, 0.3) is 0 Å². The molecule has 0 atom stereocenters. The second kappa shape index (κ2) is 6.44. The van der Waals surface area contributed by atoms with Crippen molar-refractivity contribution in [3.05, 3.63) is 11.5 Å². The predicted octanol–water partition coefficient (Wildman–Crippen LogP) is 4.12. The van der Waals surface area contributed by atoms with E-state index in [1.54, 1.807) is 0 Å². The number of hydrogen-bond acceptors (Lipinski definition) is 2. The quantitative estimate of drug-likeness (QED) is 0.839. The molecule has 1 aliphatic carbocycles. The van der Waals surface area contributed by atoms with Gasteiger partial charge in [-0.05, 0) is 31.6 Å². The number of hydrogen-bond donors (Lipinski definition) is 1. The van der Waals surface area contributed by atoms with Gasteiger partial charge in [-0.1, -0.05) is 40.0 Å². The Morgan fingerprint density at radius 1 is 1.32 bits per heavy atom. The van der Waals surface area contributed by atoms with E-state index in [-0.39, 0.29) is 0 Å². The summed E-state index contributed by atoms with van der Waals surface area (Å²) in [5, 5.41) is 0. The number of imidazole rings is 1. The molecule has 0 radical (unpaired) electrons. The van der Waals surface area contributed by atoms with Crippen LogP contribution in [0.15, 0.2) is 0 Å². The lowest BCUT2D eigenvalue weighted by atomic mass is 10.1. The van der Waals surface area contributed by atoms with E-state index in [1.165, 1.54) is 44.3 Å². The van der Waals surface area contributed by atoms with Crippen molar-refractivity contribution in [2.75, 3.05) is 5.73 Å². The van der Waals surface area contributed by atoms with Gasteiger partial charge in [-0.3, -0.25) is 0 Å². The minimum absolute atomic E-state index is 0.621. The normalized spacial score (nSPS) is 16.6. The maximum atomic E-state index is 6.36. The van der Waals surface area contributed by atoms with E-state index in [1.807, 2.05) is 0 Å². The van der Waals surface area contributed by atoms with Crippen molar-refractivity contribution in [1.82, 2.24) is 9.55 Å². The number of nitrogens with zero attached hydrogens (tertiary/aromatic N) is 2. The van der Waals surface area contributed by atoms with E-state index in [2.05, 4.69) is 25.3 Å². The zero-order valence-electron chi connectivity index (χ0n) is 12.8. The van der Waals surface area contributed by atoms with Crippen LogP contribution < -0.4 is 5.73 Å². The van der Waals surface area contributed by atoms with E-state index in [4.69, 9.17) is 10.7 Å². The van der Waals surface area contributed by atoms with E-state index >= 15 is 0 Å². The maximum Gasteiger partial charge on any atom is 0.126 e. The van der Waals surface area contributed by atoms with E-state index in [9.17, 15) is 0 Å². The Kier molecular flexibility index (Phi) is 4.89. The van der Waals surface area contributed by atoms with Gasteiger partial charge in [-0.15, -0.1) is 0 Å². The van der Waals surface area contributed by atoms with Crippen molar-refractivity contribution in [3.8, 4) is 0 Å². The SMILES string of the molecule is CCCCc1nc(C2CCCC2)n(CC(C)C)c1N. The average Bonchev–Trinajstić information content (AvgIpc) is 2.97. The van der Waals surface area contributed by atoms with Crippen LogP contribution in [0, 0.1) is 5.92 Å². The third-order valence-electron chi connectivity index (χ3n) is 4.15. The third kappa shape index (κ3) is 3.31. The standard InChI is InChI=1S/C16H29N3/c1-4-5-10-14-15(17)19(11-12(2)3)16(18-14)13-8-6-7-9-13/h12-13H,4-11,17H2,1-3H3. The number of aromatic nitrogens is 2. The summed E-state index contributed by atoms with van der Waals surface area (Å²) in [7, 11) is 0. The zero-order chi connectivity index (χ0) is 13.8. The molecule has 0 bridgehead atoms. The molecule has 0 aromatic carbocycles. The Hall–Kier alpha value is -0.990. The van der Waals surface area contributed by atoms with Crippen molar-refractivity contribution in [3.63, 3.8) is 0 Å². The summed E-state index contributed by atoms with van der Waals surface area (Å²) in [4.78, 5) is 4.92. The molecule has 0 aliphatic heterocycles. The number of nitrogens with two attached hydrogens (primary N) is 1. The molecular weight excluding hydrogens is 234 g/mol. The van der Waals surface area contributed by atoms with Gasteiger partial charge in [-0.25, -0.2) is 4.98 Å². The van der Waals surface area contributed by atoms with E-state index < -0.39 is 0 Å². The number of anilines is 1. The molecule has 1 fully saturated rings. The van der Waals surface area contributed by atoms with Crippen LogP contribution in [0.1, 0.15) is 76.7 Å². The smallest absolute Gasteiger partial charge is 0.126 e. The molecule has 0 saturated heterocycles. The maximum absolute atomic E-state index is 6.36. The van der Waals surface area contributed by atoms with Crippen LogP contribution in [0.25, 0.3) is 0 Å². The lowest BCUT2D eigenvalue weighted by molar-refractivity contribution is 0.492. The summed E-state index contributed by atoms with van der Waals surface area (Å²) in [6.45, 7) is 7.74. The summed E-state index contributed by atoms with van der Waals surface area (Å²) in [6, 6.07) is 0. The van der Waals surface area contributed by atoms with E-state index in [0.29, 0.717) is 11.8 Å². The highest BCUT2D eigenvalue weighted by Gasteiger charge is 2.25. The van der Waals surface area contributed by atoms with Crippen molar-refractivity contribution < 1.29 is 0 Å². The lowest BCUT2D eigenvalue weighted by Gasteiger charge is -2.15. The zero-order valence-corrected chi connectivity index (χ0v) is 12.8. The summed E-state index contributed by atoms with van der Waals surface area (Å²) in [5.74, 6) is 3.48. The molecule has 19 heavy (non-hydrogen) atoms. The molecule has 2 N–H and O–H groups in total. The molecule has 2 rings (SSSR count). The van der Waals surface area contributed by atoms with Crippen molar-refractivity contribution in [1.29, 1.82) is 0 Å². The highest BCUT2D eigenvalue weighted by atomic mass is 15.1. The van der Waals surface area contributed by atoms with Gasteiger partial charge in [0.1, 0.15) is 11.6 Å². The predicted molar refractivity (Wildman–Crippen MR) is 81.3 cm³/mol. The van der Waals surface area contributed by atoms with Crippen LogP contribution in [-0.2, 0) is 13.0 Å². The summed E-state index contributed by atoms with van der Waals surface area (Å²) in [6.07, 6.45) is 8.71. The van der Waals surface area contributed by atoms with Gasteiger partial charge in [0.05, 0.1) is 5.69 Å². The molecule has 1 aromatic heterocycles. The first-order valence-corrected chi connectivity index (χ1v) is 7.98. The molecule has 1 aliphatic rings. The molecule has 108 valence electrons. The molecule has 3 heteroatoms. The molecule has 1 heterocycles. The van der Waals surface area contributed by atoms with Crippen molar-refractivity contribution in [2.45, 2.75) is 78.2 Å². The topological polar surface area (TPSA) is 43.8 Å². The summed E-state index contributed by atoms with van der Waals surface area (Å²) < 4.78 is 2.31. The fraction of sp³-hybridized carbons (Fsp3) is 0.812. The molecule has 0 amide bonds. The Labute approximate surface area is 117 Å². The Morgan fingerprint density at radius 3 is 2.58 bits per heavy atom. The molecule has 3 nitrogen and oxygen atoms in total. The van der Waals surface area contributed by atoms with Crippen LogP contribution in [0.5, 0.6) is 0 Å². The van der Waals surface area contributed by atoms with Gasteiger partial charge in [-0.2, -0.15) is 0 Å². The Bertz CT molecular complexity index is 400. The first-order chi connectivity index (χ1) is 9.13. The highest BCUT2D eigenvalue weighted by molar-refractivity contribution is 5.39. The molecule has 1 aromatic rings. The average molecular weight is 263 g/mol. The number of aryl methyl sites for hydroxylation is 1. The first kappa shape index (κ1) is 14.4. The van der Waals surface area contributed by atoms with Gasteiger partial charge in [0, 0.05) is 12.5 Å².